The molecule has 0 saturated heterocycles. The Balaban J connectivity index is 1.54. The number of carbonyl (C=O) groups excluding carboxylic acids is 1. The first-order valence-corrected chi connectivity index (χ1v) is 13.3. The Kier molecular flexibility index (Phi) is 7.39. The number of fused-ring (bicyclic) bond motifs is 3. The van der Waals surface area contributed by atoms with Crippen LogP contribution < -0.4 is 10.9 Å². The van der Waals surface area contributed by atoms with Crippen molar-refractivity contribution in [3.05, 3.63) is 20.8 Å². The molecule has 0 aromatic carbocycles. The van der Waals surface area contributed by atoms with Gasteiger partial charge in [0.1, 0.15) is 4.83 Å². The minimum atomic E-state index is 0.0130. The summed E-state index contributed by atoms with van der Waals surface area (Å²) in [6.45, 7) is 5.39. The number of carbonyl (C=O) groups is 1. The summed E-state index contributed by atoms with van der Waals surface area (Å²) >= 11 is 3.02. The lowest BCUT2D eigenvalue weighted by Gasteiger charge is -2.34. The zero-order chi connectivity index (χ0) is 22.0. The van der Waals surface area contributed by atoms with Crippen LogP contribution in [0.1, 0.15) is 56.4 Å². The number of ether oxygens (including phenoxy) is 1. The Hall–Kier alpha value is -1.38. The summed E-state index contributed by atoms with van der Waals surface area (Å²) in [5, 5.41) is 4.63. The second kappa shape index (κ2) is 10.0. The number of thioether (sulfide) groups is 1. The van der Waals surface area contributed by atoms with Crippen molar-refractivity contribution in [3.63, 3.8) is 0 Å². The first kappa shape index (κ1) is 22.8. The van der Waals surface area contributed by atoms with E-state index in [0.29, 0.717) is 30.1 Å². The Morgan fingerprint density at radius 1 is 1.26 bits per heavy atom. The van der Waals surface area contributed by atoms with Gasteiger partial charge in [-0.2, -0.15) is 0 Å². The molecule has 0 aliphatic heterocycles. The highest BCUT2D eigenvalue weighted by atomic mass is 32.2. The number of nitrogens with one attached hydrogen (secondary N) is 1. The zero-order valence-corrected chi connectivity index (χ0v) is 20.4. The molecule has 2 aromatic rings. The van der Waals surface area contributed by atoms with Crippen molar-refractivity contribution in [1.29, 1.82) is 0 Å². The maximum atomic E-state index is 13.4. The van der Waals surface area contributed by atoms with Crippen LogP contribution >= 0.6 is 23.1 Å². The summed E-state index contributed by atoms with van der Waals surface area (Å²) in [7, 11) is 1.63. The summed E-state index contributed by atoms with van der Waals surface area (Å²) in [5.74, 6) is 1.43. The van der Waals surface area contributed by atoms with Crippen LogP contribution in [0.4, 0.5) is 0 Å². The minimum Gasteiger partial charge on any atom is -0.383 e. The van der Waals surface area contributed by atoms with Crippen LogP contribution in [0.3, 0.4) is 0 Å². The molecule has 6 nitrogen and oxygen atoms in total. The number of nitrogens with zero attached hydrogens (tertiary/aromatic N) is 2. The van der Waals surface area contributed by atoms with Gasteiger partial charge < -0.3 is 10.1 Å². The monoisotopic (exact) mass is 463 g/mol. The van der Waals surface area contributed by atoms with Gasteiger partial charge in [-0.1, -0.05) is 38.5 Å². The summed E-state index contributed by atoms with van der Waals surface area (Å²) in [6.07, 6.45) is 7.76. The van der Waals surface area contributed by atoms with Crippen molar-refractivity contribution < 1.29 is 9.53 Å². The number of methoxy groups -OCH3 is 1. The fraction of sp³-hybridized carbons (Fsp3) is 0.696. The van der Waals surface area contributed by atoms with Crippen LogP contribution in [0.25, 0.3) is 10.2 Å². The van der Waals surface area contributed by atoms with E-state index in [1.165, 1.54) is 41.5 Å². The highest BCUT2D eigenvalue weighted by Crippen LogP contribution is 2.35. The molecule has 1 fully saturated rings. The van der Waals surface area contributed by atoms with Crippen LogP contribution in [-0.2, 0) is 28.9 Å². The Labute approximate surface area is 192 Å². The number of amides is 1. The molecule has 0 spiro atoms. The van der Waals surface area contributed by atoms with Crippen molar-refractivity contribution in [1.82, 2.24) is 14.9 Å². The molecular formula is C23H33N3O3S2. The highest BCUT2D eigenvalue weighted by molar-refractivity contribution is 7.99. The zero-order valence-electron chi connectivity index (χ0n) is 18.7. The maximum absolute atomic E-state index is 13.4. The van der Waals surface area contributed by atoms with Gasteiger partial charge in [-0.3, -0.25) is 14.2 Å². The Morgan fingerprint density at radius 2 is 2.06 bits per heavy atom. The van der Waals surface area contributed by atoms with E-state index in [4.69, 9.17) is 9.72 Å². The van der Waals surface area contributed by atoms with Gasteiger partial charge in [-0.05, 0) is 49.5 Å². The lowest BCUT2D eigenvalue weighted by Crippen LogP contribution is -2.44. The minimum absolute atomic E-state index is 0.0130. The largest absolute Gasteiger partial charge is 0.383 e. The number of rotatable bonds is 7. The lowest BCUT2D eigenvalue weighted by atomic mass is 9.78. The molecule has 8 heteroatoms. The maximum Gasteiger partial charge on any atom is 0.263 e. The number of aryl methyl sites for hydroxylation is 2. The molecule has 0 unspecified atom stereocenters. The van der Waals surface area contributed by atoms with Crippen LogP contribution in [-0.4, -0.2) is 41.0 Å². The standard InChI is InChI=1S/C23H33N3O3S2/c1-14-7-6-9-17(15(14)2)24-19(27)13-30-23-25-21-20(22(28)26(23)11-12-29-3)16-8-4-5-10-18(16)31-21/h14-15,17H,4-13H2,1-3H3,(H,24,27)/t14-,15-,17-/m0/s1. The van der Waals surface area contributed by atoms with Gasteiger partial charge in [-0.15, -0.1) is 11.3 Å². The fourth-order valence-electron chi connectivity index (χ4n) is 4.87. The average Bonchev–Trinajstić information content (AvgIpc) is 3.13. The van der Waals surface area contributed by atoms with Gasteiger partial charge in [0.05, 0.1) is 24.3 Å². The van der Waals surface area contributed by atoms with Gasteiger partial charge in [-0.25, -0.2) is 4.98 Å². The van der Waals surface area contributed by atoms with E-state index in [0.717, 1.165) is 35.9 Å². The quantitative estimate of drug-likeness (QED) is 0.496. The van der Waals surface area contributed by atoms with Crippen molar-refractivity contribution in [2.24, 2.45) is 11.8 Å². The van der Waals surface area contributed by atoms with Gasteiger partial charge in [0.2, 0.25) is 5.91 Å². The first-order valence-electron chi connectivity index (χ1n) is 11.5. The molecule has 2 aromatic heterocycles. The second-order valence-corrected chi connectivity index (χ2v) is 11.0. The third-order valence-electron chi connectivity index (χ3n) is 6.94. The number of aromatic nitrogens is 2. The van der Waals surface area contributed by atoms with Gasteiger partial charge in [0, 0.05) is 18.0 Å². The van der Waals surface area contributed by atoms with Crippen molar-refractivity contribution in [2.75, 3.05) is 19.5 Å². The van der Waals surface area contributed by atoms with E-state index < -0.39 is 0 Å². The van der Waals surface area contributed by atoms with E-state index >= 15 is 0 Å². The number of hydrogen-bond donors (Lipinski definition) is 1. The second-order valence-electron chi connectivity index (χ2n) is 8.97. The van der Waals surface area contributed by atoms with Crippen molar-refractivity contribution in [3.8, 4) is 0 Å². The summed E-state index contributed by atoms with van der Waals surface area (Å²) in [4.78, 5) is 33.1. The molecule has 31 heavy (non-hydrogen) atoms. The van der Waals surface area contributed by atoms with Gasteiger partial charge in [0.25, 0.3) is 5.56 Å². The molecule has 2 heterocycles. The molecular weight excluding hydrogens is 430 g/mol. The Bertz CT molecular complexity index is 1000. The molecule has 0 radical (unpaired) electrons. The van der Waals surface area contributed by atoms with Crippen molar-refractivity contribution in [2.45, 2.75) is 76.5 Å². The molecule has 0 bridgehead atoms. The van der Waals surface area contributed by atoms with Gasteiger partial charge in [0.15, 0.2) is 5.16 Å². The lowest BCUT2D eigenvalue weighted by molar-refractivity contribution is -0.120. The third kappa shape index (κ3) is 4.86. The summed E-state index contributed by atoms with van der Waals surface area (Å²) in [5.41, 5.74) is 1.21. The normalized spacial score (nSPS) is 23.6. The Morgan fingerprint density at radius 3 is 2.87 bits per heavy atom. The molecule has 1 amide bonds. The summed E-state index contributed by atoms with van der Waals surface area (Å²) in [6, 6.07) is 0.243. The molecule has 1 N–H and O–H groups in total. The molecule has 2 aliphatic carbocycles. The van der Waals surface area contributed by atoms with E-state index in [-0.39, 0.29) is 23.3 Å². The molecule has 4 rings (SSSR count). The van der Waals surface area contributed by atoms with Crippen LogP contribution in [0.2, 0.25) is 0 Å². The van der Waals surface area contributed by atoms with Crippen LogP contribution in [0.5, 0.6) is 0 Å². The number of thiophene rings is 1. The predicted molar refractivity (Wildman–Crippen MR) is 127 cm³/mol. The first-order chi connectivity index (χ1) is 15.0. The average molecular weight is 464 g/mol. The molecule has 1 saturated carbocycles. The third-order valence-corrected chi connectivity index (χ3v) is 9.11. The van der Waals surface area contributed by atoms with Crippen LogP contribution in [0.15, 0.2) is 9.95 Å². The fourth-order valence-corrected chi connectivity index (χ4v) is 7.01. The smallest absolute Gasteiger partial charge is 0.263 e. The highest BCUT2D eigenvalue weighted by Gasteiger charge is 2.28. The van der Waals surface area contributed by atoms with E-state index in [1.54, 1.807) is 23.0 Å². The predicted octanol–water partition coefficient (Wildman–Crippen LogP) is 4.02. The molecule has 170 valence electrons. The summed E-state index contributed by atoms with van der Waals surface area (Å²) < 4.78 is 6.94. The van der Waals surface area contributed by atoms with E-state index in [9.17, 15) is 9.59 Å². The topological polar surface area (TPSA) is 73.2 Å². The molecule has 2 aliphatic rings. The SMILES string of the molecule is COCCn1c(SCC(=O)N[C@H]2CCC[C@H](C)[C@@H]2C)nc2sc3c(c2c1=O)CCCC3. The number of hydrogen-bond acceptors (Lipinski definition) is 6. The van der Waals surface area contributed by atoms with Crippen molar-refractivity contribution >= 4 is 39.2 Å². The van der Waals surface area contributed by atoms with E-state index in [2.05, 4.69) is 19.2 Å². The molecule has 3 atom stereocenters. The van der Waals surface area contributed by atoms with Crippen LogP contribution in [0, 0.1) is 11.8 Å². The van der Waals surface area contributed by atoms with E-state index in [1.807, 2.05) is 0 Å². The van der Waals surface area contributed by atoms with Gasteiger partial charge >= 0.3 is 0 Å².